The summed E-state index contributed by atoms with van der Waals surface area (Å²) in [4.78, 5) is 10.7. The molecule has 0 aliphatic rings. The average Bonchev–Trinajstić information content (AvgIpc) is 2.82. The standard InChI is InChI=1S/C14H16N2O3/c1-10-7-12(9-19-10)13(15-2)8-11-5-3-4-6-14(11)16(17)18/h3-7,9,13,15H,8H2,1-2H3. The summed E-state index contributed by atoms with van der Waals surface area (Å²) < 4.78 is 5.29. The second-order valence-electron chi connectivity index (χ2n) is 4.42. The van der Waals surface area contributed by atoms with E-state index in [9.17, 15) is 10.1 Å². The molecule has 1 aromatic carbocycles. The van der Waals surface area contributed by atoms with Crippen LogP contribution in [0.25, 0.3) is 0 Å². The SMILES string of the molecule is CNC(Cc1ccccc1[N+](=O)[O-])c1coc(C)c1. The zero-order valence-corrected chi connectivity index (χ0v) is 10.9. The normalized spacial score (nSPS) is 12.3. The van der Waals surface area contributed by atoms with Crippen molar-refractivity contribution in [3.8, 4) is 0 Å². The number of nitro groups is 1. The van der Waals surface area contributed by atoms with E-state index in [1.54, 1.807) is 18.4 Å². The summed E-state index contributed by atoms with van der Waals surface area (Å²) in [6, 6.07) is 8.75. The van der Waals surface area contributed by atoms with Crippen molar-refractivity contribution in [1.29, 1.82) is 0 Å². The van der Waals surface area contributed by atoms with E-state index in [0.29, 0.717) is 12.0 Å². The van der Waals surface area contributed by atoms with Crippen LogP contribution in [0.1, 0.15) is 22.9 Å². The lowest BCUT2D eigenvalue weighted by atomic mass is 10.00. The molecule has 19 heavy (non-hydrogen) atoms. The van der Waals surface area contributed by atoms with Crippen molar-refractivity contribution in [1.82, 2.24) is 5.32 Å². The zero-order chi connectivity index (χ0) is 13.8. The van der Waals surface area contributed by atoms with E-state index in [0.717, 1.165) is 11.3 Å². The molecule has 0 spiro atoms. The highest BCUT2D eigenvalue weighted by Gasteiger charge is 2.18. The van der Waals surface area contributed by atoms with Crippen LogP contribution in [0.4, 0.5) is 5.69 Å². The maximum Gasteiger partial charge on any atom is 0.272 e. The molecule has 2 rings (SSSR count). The molecule has 1 atom stereocenters. The number of rotatable bonds is 5. The van der Waals surface area contributed by atoms with Crippen LogP contribution in [-0.4, -0.2) is 12.0 Å². The molecule has 2 aromatic rings. The van der Waals surface area contributed by atoms with Crippen LogP contribution in [0.2, 0.25) is 0 Å². The van der Waals surface area contributed by atoms with E-state index >= 15 is 0 Å². The van der Waals surface area contributed by atoms with Gasteiger partial charge in [-0.1, -0.05) is 18.2 Å². The van der Waals surface area contributed by atoms with E-state index in [-0.39, 0.29) is 16.7 Å². The molecule has 0 bridgehead atoms. The number of para-hydroxylation sites is 1. The zero-order valence-electron chi connectivity index (χ0n) is 10.9. The second-order valence-corrected chi connectivity index (χ2v) is 4.42. The fourth-order valence-corrected chi connectivity index (χ4v) is 2.11. The molecular weight excluding hydrogens is 244 g/mol. The van der Waals surface area contributed by atoms with E-state index in [2.05, 4.69) is 5.32 Å². The van der Waals surface area contributed by atoms with Gasteiger partial charge in [-0.2, -0.15) is 0 Å². The third kappa shape index (κ3) is 3.00. The molecule has 0 saturated heterocycles. The number of nitrogens with zero attached hydrogens (tertiary/aromatic N) is 1. The quantitative estimate of drug-likeness (QED) is 0.662. The minimum Gasteiger partial charge on any atom is -0.469 e. The Morgan fingerprint density at radius 3 is 2.74 bits per heavy atom. The fraction of sp³-hybridized carbons (Fsp3) is 0.286. The number of likely N-dealkylation sites (N-methyl/N-ethyl adjacent to an activating group) is 1. The first-order valence-electron chi connectivity index (χ1n) is 6.06. The first-order chi connectivity index (χ1) is 9.11. The first kappa shape index (κ1) is 13.3. The summed E-state index contributed by atoms with van der Waals surface area (Å²) in [6.45, 7) is 1.88. The Hall–Kier alpha value is -2.14. The molecule has 0 amide bonds. The van der Waals surface area contributed by atoms with E-state index in [4.69, 9.17) is 4.42 Å². The number of aryl methyl sites for hydroxylation is 1. The summed E-state index contributed by atoms with van der Waals surface area (Å²) in [6.07, 6.45) is 2.23. The number of benzene rings is 1. The monoisotopic (exact) mass is 260 g/mol. The van der Waals surface area contributed by atoms with Crippen LogP contribution in [0.15, 0.2) is 41.0 Å². The van der Waals surface area contributed by atoms with Gasteiger partial charge in [0.2, 0.25) is 0 Å². The molecule has 5 heteroatoms. The van der Waals surface area contributed by atoms with Gasteiger partial charge in [0.15, 0.2) is 0 Å². The lowest BCUT2D eigenvalue weighted by Gasteiger charge is -2.14. The summed E-state index contributed by atoms with van der Waals surface area (Å²) in [7, 11) is 1.84. The summed E-state index contributed by atoms with van der Waals surface area (Å²) in [5, 5.41) is 14.2. The van der Waals surface area contributed by atoms with Crippen molar-refractivity contribution < 1.29 is 9.34 Å². The predicted molar refractivity (Wildman–Crippen MR) is 72.0 cm³/mol. The lowest BCUT2D eigenvalue weighted by molar-refractivity contribution is -0.385. The molecule has 0 fully saturated rings. The molecule has 0 saturated carbocycles. The molecule has 1 aromatic heterocycles. The van der Waals surface area contributed by atoms with Gasteiger partial charge >= 0.3 is 0 Å². The van der Waals surface area contributed by atoms with Gasteiger partial charge in [-0.15, -0.1) is 0 Å². The van der Waals surface area contributed by atoms with Crippen LogP contribution >= 0.6 is 0 Å². The Balaban J connectivity index is 2.26. The largest absolute Gasteiger partial charge is 0.469 e. The van der Waals surface area contributed by atoms with Crippen LogP contribution in [0.5, 0.6) is 0 Å². The predicted octanol–water partition coefficient (Wildman–Crippen LogP) is 3.00. The molecule has 1 heterocycles. The highest BCUT2D eigenvalue weighted by molar-refractivity contribution is 5.41. The van der Waals surface area contributed by atoms with Gasteiger partial charge in [0.25, 0.3) is 5.69 Å². The van der Waals surface area contributed by atoms with Crippen LogP contribution in [-0.2, 0) is 6.42 Å². The van der Waals surface area contributed by atoms with Gasteiger partial charge in [0.1, 0.15) is 5.76 Å². The highest BCUT2D eigenvalue weighted by Crippen LogP contribution is 2.25. The number of nitrogens with one attached hydrogen (secondary N) is 1. The van der Waals surface area contributed by atoms with Crippen molar-refractivity contribution in [2.24, 2.45) is 0 Å². The summed E-state index contributed by atoms with van der Waals surface area (Å²) in [5.74, 6) is 0.831. The third-order valence-corrected chi connectivity index (χ3v) is 3.11. The topological polar surface area (TPSA) is 68.3 Å². The van der Waals surface area contributed by atoms with Crippen molar-refractivity contribution >= 4 is 5.69 Å². The first-order valence-corrected chi connectivity index (χ1v) is 6.06. The lowest BCUT2D eigenvalue weighted by Crippen LogP contribution is -2.18. The van der Waals surface area contributed by atoms with Gasteiger partial charge in [0, 0.05) is 23.2 Å². The summed E-state index contributed by atoms with van der Waals surface area (Å²) >= 11 is 0. The second kappa shape index (κ2) is 5.67. The minimum absolute atomic E-state index is 0.00134. The van der Waals surface area contributed by atoms with Gasteiger partial charge in [-0.25, -0.2) is 0 Å². The molecule has 0 aliphatic carbocycles. The van der Waals surface area contributed by atoms with Gasteiger partial charge in [-0.3, -0.25) is 10.1 Å². The van der Waals surface area contributed by atoms with Gasteiger partial charge in [0.05, 0.1) is 11.2 Å². The van der Waals surface area contributed by atoms with Crippen molar-refractivity contribution in [2.75, 3.05) is 7.05 Å². The average molecular weight is 260 g/mol. The Bertz CT molecular complexity index is 578. The highest BCUT2D eigenvalue weighted by atomic mass is 16.6. The minimum atomic E-state index is -0.345. The number of hydrogen-bond donors (Lipinski definition) is 1. The maximum atomic E-state index is 11.0. The smallest absolute Gasteiger partial charge is 0.272 e. The Kier molecular flexibility index (Phi) is 3.97. The van der Waals surface area contributed by atoms with Gasteiger partial charge < -0.3 is 9.73 Å². The maximum absolute atomic E-state index is 11.0. The molecule has 1 N–H and O–H groups in total. The van der Waals surface area contributed by atoms with Crippen LogP contribution in [0.3, 0.4) is 0 Å². The Labute approximate surface area is 111 Å². The molecule has 5 nitrogen and oxygen atoms in total. The number of furan rings is 1. The van der Waals surface area contributed by atoms with Crippen molar-refractivity contribution in [2.45, 2.75) is 19.4 Å². The van der Waals surface area contributed by atoms with Crippen molar-refractivity contribution in [3.05, 3.63) is 63.6 Å². The fourth-order valence-electron chi connectivity index (χ4n) is 2.11. The summed E-state index contributed by atoms with van der Waals surface area (Å²) in [5.41, 5.74) is 1.87. The van der Waals surface area contributed by atoms with E-state index in [1.165, 1.54) is 6.07 Å². The molecule has 100 valence electrons. The van der Waals surface area contributed by atoms with E-state index < -0.39 is 0 Å². The van der Waals surface area contributed by atoms with Crippen molar-refractivity contribution in [3.63, 3.8) is 0 Å². The Morgan fingerprint density at radius 1 is 1.42 bits per heavy atom. The number of nitro benzene ring substituents is 1. The number of hydrogen-bond acceptors (Lipinski definition) is 4. The molecule has 1 unspecified atom stereocenters. The molecule has 0 radical (unpaired) electrons. The molecule has 0 aliphatic heterocycles. The Morgan fingerprint density at radius 2 is 2.16 bits per heavy atom. The van der Waals surface area contributed by atoms with Gasteiger partial charge in [-0.05, 0) is 26.5 Å². The third-order valence-electron chi connectivity index (χ3n) is 3.11. The molecular formula is C14H16N2O3. The van der Waals surface area contributed by atoms with Crippen LogP contribution < -0.4 is 5.32 Å². The van der Waals surface area contributed by atoms with Crippen LogP contribution in [0, 0.1) is 17.0 Å². The van der Waals surface area contributed by atoms with E-state index in [1.807, 2.05) is 26.1 Å².